The molecule has 0 saturated heterocycles. The summed E-state index contributed by atoms with van der Waals surface area (Å²) < 4.78 is 10.7. The Kier molecular flexibility index (Phi) is 5.43. The summed E-state index contributed by atoms with van der Waals surface area (Å²) in [5, 5.41) is 0. The molecule has 0 aliphatic carbocycles. The molecule has 1 heterocycles. The van der Waals surface area contributed by atoms with Gasteiger partial charge in [-0.25, -0.2) is 0 Å². The van der Waals surface area contributed by atoms with Gasteiger partial charge in [-0.1, -0.05) is 24.3 Å². The Balaban J connectivity index is 1.75. The number of benzene rings is 2. The van der Waals surface area contributed by atoms with Gasteiger partial charge in [0.1, 0.15) is 0 Å². The minimum atomic E-state index is -0.0343. The van der Waals surface area contributed by atoms with Crippen LogP contribution >= 0.6 is 11.8 Å². The summed E-state index contributed by atoms with van der Waals surface area (Å²) in [6.07, 6.45) is 5.44. The molecule has 0 fully saturated rings. The Labute approximate surface area is 146 Å². The Morgan fingerprint density at radius 2 is 1.96 bits per heavy atom. The van der Waals surface area contributed by atoms with Gasteiger partial charge in [0.05, 0.1) is 0 Å². The molecule has 0 bridgehead atoms. The predicted octanol–water partition coefficient (Wildman–Crippen LogP) is 3.82. The highest BCUT2D eigenvalue weighted by Gasteiger charge is 2.14. The van der Waals surface area contributed by atoms with Gasteiger partial charge in [-0.2, -0.15) is 11.8 Å². The van der Waals surface area contributed by atoms with Crippen molar-refractivity contribution in [2.45, 2.75) is 0 Å². The third-order valence-electron chi connectivity index (χ3n) is 3.67. The van der Waals surface area contributed by atoms with E-state index < -0.39 is 0 Å². The second-order valence-corrected chi connectivity index (χ2v) is 6.25. The number of ether oxygens (including phenoxy) is 2. The van der Waals surface area contributed by atoms with Crippen LogP contribution in [0.5, 0.6) is 11.5 Å². The van der Waals surface area contributed by atoms with E-state index >= 15 is 0 Å². The maximum atomic E-state index is 12.6. The maximum absolute atomic E-state index is 12.6. The average Bonchev–Trinajstić information content (AvgIpc) is 3.09. The molecule has 5 heteroatoms. The number of hydrogen-bond donors (Lipinski definition) is 0. The molecule has 0 atom stereocenters. The van der Waals surface area contributed by atoms with E-state index in [9.17, 15) is 4.79 Å². The molecule has 0 spiro atoms. The first-order valence-electron chi connectivity index (χ1n) is 7.71. The first-order valence-corrected chi connectivity index (χ1v) is 9.10. The molecule has 3 rings (SSSR count). The fourth-order valence-electron chi connectivity index (χ4n) is 2.43. The van der Waals surface area contributed by atoms with Crippen LogP contribution in [0.15, 0.2) is 54.6 Å². The van der Waals surface area contributed by atoms with Crippen molar-refractivity contribution in [2.75, 3.05) is 30.2 Å². The summed E-state index contributed by atoms with van der Waals surface area (Å²) in [5.74, 6) is 2.31. The van der Waals surface area contributed by atoms with Gasteiger partial charge in [0.2, 0.25) is 6.79 Å². The first kappa shape index (κ1) is 16.5. The monoisotopic (exact) mass is 341 g/mol. The van der Waals surface area contributed by atoms with Crippen molar-refractivity contribution in [1.29, 1.82) is 0 Å². The number of carbonyl (C=O) groups excluding carboxylic acids is 1. The van der Waals surface area contributed by atoms with Crippen molar-refractivity contribution < 1.29 is 14.3 Å². The molecule has 2 aromatic rings. The second-order valence-electron chi connectivity index (χ2n) is 5.26. The van der Waals surface area contributed by atoms with Crippen LogP contribution < -0.4 is 14.4 Å². The minimum absolute atomic E-state index is 0.0343. The highest BCUT2D eigenvalue weighted by molar-refractivity contribution is 7.98. The number of anilines is 1. The zero-order chi connectivity index (χ0) is 16.8. The highest BCUT2D eigenvalue weighted by Crippen LogP contribution is 2.32. The second kappa shape index (κ2) is 7.93. The number of thioether (sulfide) groups is 1. The van der Waals surface area contributed by atoms with E-state index in [4.69, 9.17) is 9.47 Å². The van der Waals surface area contributed by atoms with Crippen LogP contribution in [0.25, 0.3) is 6.08 Å². The largest absolute Gasteiger partial charge is 0.454 e. The molecule has 1 aliphatic rings. The lowest BCUT2D eigenvalue weighted by Gasteiger charge is -2.21. The number of para-hydroxylation sites is 1. The van der Waals surface area contributed by atoms with Crippen molar-refractivity contribution >= 4 is 29.4 Å². The molecule has 0 N–H and O–H groups in total. The number of rotatable bonds is 6. The number of hydrogen-bond acceptors (Lipinski definition) is 4. The molecule has 4 nitrogen and oxygen atoms in total. The summed E-state index contributed by atoms with van der Waals surface area (Å²) in [6, 6.07) is 15.4. The van der Waals surface area contributed by atoms with E-state index in [-0.39, 0.29) is 12.7 Å². The van der Waals surface area contributed by atoms with E-state index in [0.717, 1.165) is 22.8 Å². The first-order chi connectivity index (χ1) is 11.8. The normalized spacial score (nSPS) is 12.5. The zero-order valence-electron chi connectivity index (χ0n) is 13.5. The number of amides is 1. The molecular weight excluding hydrogens is 322 g/mol. The van der Waals surface area contributed by atoms with Crippen LogP contribution in [0.3, 0.4) is 0 Å². The van der Waals surface area contributed by atoms with Crippen LogP contribution in [0.2, 0.25) is 0 Å². The van der Waals surface area contributed by atoms with Gasteiger partial charge in [-0.3, -0.25) is 4.79 Å². The van der Waals surface area contributed by atoms with E-state index in [1.165, 1.54) is 0 Å². The molecular formula is C19H19NO3S. The van der Waals surface area contributed by atoms with Crippen molar-refractivity contribution in [2.24, 2.45) is 0 Å². The minimum Gasteiger partial charge on any atom is -0.454 e. The van der Waals surface area contributed by atoms with Crippen LogP contribution in [-0.4, -0.2) is 31.3 Å². The van der Waals surface area contributed by atoms with Gasteiger partial charge in [-0.05, 0) is 42.2 Å². The zero-order valence-corrected chi connectivity index (χ0v) is 14.3. The van der Waals surface area contributed by atoms with Crippen LogP contribution in [0.4, 0.5) is 5.69 Å². The fourth-order valence-corrected chi connectivity index (χ4v) is 2.80. The van der Waals surface area contributed by atoms with Gasteiger partial charge in [0.15, 0.2) is 11.5 Å². The highest BCUT2D eigenvalue weighted by atomic mass is 32.2. The Morgan fingerprint density at radius 3 is 2.75 bits per heavy atom. The lowest BCUT2D eigenvalue weighted by Crippen LogP contribution is -2.31. The quantitative estimate of drug-likeness (QED) is 0.749. The third-order valence-corrected chi connectivity index (χ3v) is 4.26. The molecule has 0 aromatic heterocycles. The lowest BCUT2D eigenvalue weighted by atomic mass is 10.2. The van der Waals surface area contributed by atoms with Gasteiger partial charge in [0.25, 0.3) is 5.91 Å². The molecule has 124 valence electrons. The molecule has 1 aliphatic heterocycles. The van der Waals surface area contributed by atoms with Crippen molar-refractivity contribution in [1.82, 2.24) is 0 Å². The van der Waals surface area contributed by atoms with E-state index in [2.05, 4.69) is 0 Å². The average molecular weight is 341 g/mol. The summed E-state index contributed by atoms with van der Waals surface area (Å²) in [7, 11) is 0. The van der Waals surface area contributed by atoms with Crippen molar-refractivity contribution in [3.8, 4) is 11.5 Å². The molecule has 0 saturated carbocycles. The lowest BCUT2D eigenvalue weighted by molar-refractivity contribution is -0.114. The Bertz CT molecular complexity index is 731. The molecule has 0 radical (unpaired) electrons. The number of nitrogens with zero attached hydrogens (tertiary/aromatic N) is 1. The molecule has 0 unspecified atom stereocenters. The maximum Gasteiger partial charge on any atom is 0.251 e. The van der Waals surface area contributed by atoms with Crippen LogP contribution in [0.1, 0.15) is 5.56 Å². The third kappa shape index (κ3) is 3.92. The standard InChI is InChI=1S/C19H19NO3S/c1-24-12-11-20(16-5-3-2-4-6-16)19(21)10-8-15-7-9-17-18(13-15)23-14-22-17/h2-10,13H,11-12,14H2,1H3. The van der Waals surface area contributed by atoms with Gasteiger partial charge < -0.3 is 14.4 Å². The Morgan fingerprint density at radius 1 is 1.17 bits per heavy atom. The van der Waals surface area contributed by atoms with Gasteiger partial charge >= 0.3 is 0 Å². The van der Waals surface area contributed by atoms with Crippen molar-refractivity contribution in [3.05, 3.63) is 60.2 Å². The number of carbonyl (C=O) groups is 1. The van der Waals surface area contributed by atoms with Crippen LogP contribution in [-0.2, 0) is 4.79 Å². The van der Waals surface area contributed by atoms with E-state index in [0.29, 0.717) is 12.3 Å². The Hall–Kier alpha value is -2.40. The predicted molar refractivity (Wildman–Crippen MR) is 98.8 cm³/mol. The molecule has 24 heavy (non-hydrogen) atoms. The molecule has 2 aromatic carbocycles. The summed E-state index contributed by atoms with van der Waals surface area (Å²) >= 11 is 1.72. The topological polar surface area (TPSA) is 38.8 Å². The summed E-state index contributed by atoms with van der Waals surface area (Å²) in [5.41, 5.74) is 1.82. The van der Waals surface area contributed by atoms with E-state index in [1.54, 1.807) is 28.8 Å². The number of fused-ring (bicyclic) bond motifs is 1. The van der Waals surface area contributed by atoms with Gasteiger partial charge in [-0.15, -0.1) is 0 Å². The molecule has 1 amide bonds. The van der Waals surface area contributed by atoms with Crippen molar-refractivity contribution in [3.63, 3.8) is 0 Å². The fraction of sp³-hybridized carbons (Fsp3) is 0.211. The van der Waals surface area contributed by atoms with Crippen LogP contribution in [0, 0.1) is 0 Å². The summed E-state index contributed by atoms with van der Waals surface area (Å²) in [4.78, 5) is 14.4. The smallest absolute Gasteiger partial charge is 0.251 e. The SMILES string of the molecule is CSCCN(C(=O)C=Cc1ccc2c(c1)OCO2)c1ccccc1. The van der Waals surface area contributed by atoms with Gasteiger partial charge in [0, 0.05) is 24.1 Å². The van der Waals surface area contributed by atoms with E-state index in [1.807, 2.05) is 54.8 Å². The summed E-state index contributed by atoms with van der Waals surface area (Å²) in [6.45, 7) is 0.924.